The second kappa shape index (κ2) is 6.37. The summed E-state index contributed by atoms with van der Waals surface area (Å²) in [5.41, 5.74) is 4.77. The van der Waals surface area contributed by atoms with Gasteiger partial charge in [0.2, 0.25) is 0 Å². The number of aromatic amines is 1. The van der Waals surface area contributed by atoms with Gasteiger partial charge >= 0.3 is 5.97 Å². The first-order chi connectivity index (χ1) is 12.2. The van der Waals surface area contributed by atoms with E-state index in [1.165, 1.54) is 29.3 Å². The first-order valence-corrected chi connectivity index (χ1v) is 8.66. The smallest absolute Gasteiger partial charge is 0.323 e. The summed E-state index contributed by atoms with van der Waals surface area (Å²) in [6.45, 7) is 2.88. The summed E-state index contributed by atoms with van der Waals surface area (Å²) in [6, 6.07) is 18.4. The third-order valence-corrected chi connectivity index (χ3v) is 5.24. The third kappa shape index (κ3) is 2.72. The first kappa shape index (κ1) is 15.9. The average molecular weight is 334 g/mol. The number of para-hydroxylation sites is 1. The molecule has 25 heavy (non-hydrogen) atoms. The lowest BCUT2D eigenvalue weighted by molar-refractivity contribution is -0.148. The molecule has 2 atom stereocenters. The molecule has 0 spiro atoms. The van der Waals surface area contributed by atoms with E-state index >= 15 is 0 Å². The third-order valence-electron chi connectivity index (χ3n) is 5.24. The summed E-state index contributed by atoms with van der Waals surface area (Å²) in [5.74, 6) is -0.168. The zero-order valence-corrected chi connectivity index (χ0v) is 14.5. The molecule has 4 nitrogen and oxygen atoms in total. The minimum Gasteiger partial charge on any atom is -0.468 e. The molecule has 1 aromatic heterocycles. The van der Waals surface area contributed by atoms with Gasteiger partial charge in [0.05, 0.1) is 7.11 Å². The van der Waals surface area contributed by atoms with Crippen LogP contribution in [0.2, 0.25) is 0 Å². The van der Waals surface area contributed by atoms with Gasteiger partial charge in [0.1, 0.15) is 6.04 Å². The van der Waals surface area contributed by atoms with Crippen molar-refractivity contribution in [2.24, 2.45) is 0 Å². The van der Waals surface area contributed by atoms with E-state index in [9.17, 15) is 4.79 Å². The molecule has 3 aromatic rings. The summed E-state index contributed by atoms with van der Waals surface area (Å²) < 4.78 is 5.12. The van der Waals surface area contributed by atoms with Crippen molar-refractivity contribution in [2.75, 3.05) is 7.11 Å². The minimum absolute atomic E-state index is 0.112. The SMILES string of the molecule is COC(=O)[C@@H]1Cc2c([nH]c3ccccc23)[C@H](C)N1Cc1ccccc1. The van der Waals surface area contributed by atoms with Crippen LogP contribution in [0.4, 0.5) is 0 Å². The van der Waals surface area contributed by atoms with Crippen molar-refractivity contribution in [2.45, 2.75) is 32.0 Å². The Labute approximate surface area is 147 Å². The van der Waals surface area contributed by atoms with E-state index < -0.39 is 0 Å². The zero-order chi connectivity index (χ0) is 17.4. The summed E-state index contributed by atoms with van der Waals surface area (Å²) in [5, 5.41) is 1.21. The highest BCUT2D eigenvalue weighted by atomic mass is 16.5. The minimum atomic E-state index is -0.271. The molecule has 0 aliphatic carbocycles. The largest absolute Gasteiger partial charge is 0.468 e. The van der Waals surface area contributed by atoms with Crippen molar-refractivity contribution in [3.05, 3.63) is 71.4 Å². The molecule has 1 aliphatic rings. The van der Waals surface area contributed by atoms with Crippen LogP contribution >= 0.6 is 0 Å². The number of carbonyl (C=O) groups excluding carboxylic acids is 1. The molecule has 0 amide bonds. The second-order valence-corrected chi connectivity index (χ2v) is 6.64. The van der Waals surface area contributed by atoms with Crippen LogP contribution in [0.5, 0.6) is 0 Å². The Morgan fingerprint density at radius 3 is 2.64 bits per heavy atom. The Kier molecular flexibility index (Phi) is 4.06. The van der Waals surface area contributed by atoms with Gasteiger partial charge in [-0.15, -0.1) is 0 Å². The van der Waals surface area contributed by atoms with E-state index in [-0.39, 0.29) is 18.1 Å². The van der Waals surface area contributed by atoms with Crippen molar-refractivity contribution >= 4 is 16.9 Å². The summed E-state index contributed by atoms with van der Waals surface area (Å²) in [6.07, 6.45) is 0.670. The van der Waals surface area contributed by atoms with Gasteiger partial charge in [-0.1, -0.05) is 48.5 Å². The van der Waals surface area contributed by atoms with E-state index in [1.807, 2.05) is 30.3 Å². The number of methoxy groups -OCH3 is 1. The molecule has 4 rings (SSSR count). The van der Waals surface area contributed by atoms with Crippen molar-refractivity contribution in [3.63, 3.8) is 0 Å². The van der Waals surface area contributed by atoms with Crippen LogP contribution in [0.25, 0.3) is 10.9 Å². The molecule has 2 aromatic carbocycles. The lowest BCUT2D eigenvalue weighted by Crippen LogP contribution is -2.47. The normalized spacial score (nSPS) is 20.4. The number of fused-ring (bicyclic) bond motifs is 3. The fourth-order valence-corrected chi connectivity index (χ4v) is 3.94. The standard InChI is InChI=1S/C21H22N2O2/c1-14-20-17(16-10-6-7-11-18(16)22-20)12-19(21(24)25-2)23(14)13-15-8-4-3-5-9-15/h3-11,14,19,22H,12-13H2,1-2H3/t14-,19-/m0/s1. The number of aromatic nitrogens is 1. The Bertz CT molecular complexity index is 901. The van der Waals surface area contributed by atoms with E-state index in [1.54, 1.807) is 0 Å². The summed E-state index contributed by atoms with van der Waals surface area (Å²) in [7, 11) is 1.47. The van der Waals surface area contributed by atoms with Gasteiger partial charge in [0.25, 0.3) is 0 Å². The monoisotopic (exact) mass is 334 g/mol. The molecule has 1 aliphatic heterocycles. The molecule has 4 heteroatoms. The lowest BCUT2D eigenvalue weighted by Gasteiger charge is -2.39. The Hall–Kier alpha value is -2.59. The van der Waals surface area contributed by atoms with Crippen LogP contribution in [0.1, 0.15) is 29.8 Å². The van der Waals surface area contributed by atoms with Crippen LogP contribution in [0.15, 0.2) is 54.6 Å². The molecular weight excluding hydrogens is 312 g/mol. The number of rotatable bonds is 3. The first-order valence-electron chi connectivity index (χ1n) is 8.66. The fourth-order valence-electron chi connectivity index (χ4n) is 3.94. The molecule has 0 radical (unpaired) electrons. The van der Waals surface area contributed by atoms with Crippen LogP contribution in [0.3, 0.4) is 0 Å². The highest BCUT2D eigenvalue weighted by molar-refractivity contribution is 5.87. The highest BCUT2D eigenvalue weighted by Crippen LogP contribution is 2.38. The molecule has 0 fully saturated rings. The Morgan fingerprint density at radius 1 is 1.16 bits per heavy atom. The Balaban J connectivity index is 1.78. The number of H-pyrrole nitrogens is 1. The zero-order valence-electron chi connectivity index (χ0n) is 14.5. The quantitative estimate of drug-likeness (QED) is 0.741. The molecular formula is C21H22N2O2. The number of carbonyl (C=O) groups is 1. The van der Waals surface area contributed by atoms with Gasteiger partial charge in [-0.3, -0.25) is 9.69 Å². The number of nitrogens with zero attached hydrogens (tertiary/aromatic N) is 1. The second-order valence-electron chi connectivity index (χ2n) is 6.64. The number of esters is 1. The average Bonchev–Trinajstić information content (AvgIpc) is 3.03. The highest BCUT2D eigenvalue weighted by Gasteiger charge is 2.38. The Morgan fingerprint density at radius 2 is 1.88 bits per heavy atom. The van der Waals surface area contributed by atoms with E-state index in [2.05, 4.69) is 41.1 Å². The molecule has 128 valence electrons. The van der Waals surface area contributed by atoms with Gasteiger partial charge in [0, 0.05) is 35.6 Å². The van der Waals surface area contributed by atoms with E-state index in [0.29, 0.717) is 6.42 Å². The van der Waals surface area contributed by atoms with Crippen molar-refractivity contribution in [1.29, 1.82) is 0 Å². The van der Waals surface area contributed by atoms with Crippen molar-refractivity contribution in [1.82, 2.24) is 9.88 Å². The van der Waals surface area contributed by atoms with Gasteiger partial charge in [-0.05, 0) is 24.1 Å². The van der Waals surface area contributed by atoms with Crippen molar-refractivity contribution in [3.8, 4) is 0 Å². The fraction of sp³-hybridized carbons (Fsp3) is 0.286. The van der Waals surface area contributed by atoms with Gasteiger partial charge in [0.15, 0.2) is 0 Å². The van der Waals surface area contributed by atoms with E-state index in [4.69, 9.17) is 4.74 Å². The number of hydrogen-bond acceptors (Lipinski definition) is 3. The van der Waals surface area contributed by atoms with E-state index in [0.717, 1.165) is 12.1 Å². The molecule has 0 saturated carbocycles. The molecule has 0 bridgehead atoms. The lowest BCUT2D eigenvalue weighted by atomic mass is 9.91. The van der Waals surface area contributed by atoms with Crippen LogP contribution in [-0.4, -0.2) is 29.0 Å². The van der Waals surface area contributed by atoms with Crippen LogP contribution < -0.4 is 0 Å². The number of hydrogen-bond donors (Lipinski definition) is 1. The molecule has 0 saturated heterocycles. The number of ether oxygens (including phenoxy) is 1. The predicted octanol–water partition coefficient (Wildman–Crippen LogP) is 3.83. The van der Waals surface area contributed by atoms with Crippen LogP contribution in [0, 0.1) is 0 Å². The van der Waals surface area contributed by atoms with Gasteiger partial charge in [-0.25, -0.2) is 0 Å². The molecule has 2 heterocycles. The predicted molar refractivity (Wildman–Crippen MR) is 98.2 cm³/mol. The van der Waals surface area contributed by atoms with Gasteiger partial charge < -0.3 is 9.72 Å². The number of nitrogens with one attached hydrogen (secondary N) is 1. The van der Waals surface area contributed by atoms with Crippen LogP contribution in [-0.2, 0) is 22.5 Å². The molecule has 0 unspecified atom stereocenters. The number of benzene rings is 2. The summed E-state index contributed by atoms with van der Waals surface area (Å²) in [4.78, 5) is 18.3. The summed E-state index contributed by atoms with van der Waals surface area (Å²) >= 11 is 0. The van der Waals surface area contributed by atoms with Gasteiger partial charge in [-0.2, -0.15) is 0 Å². The maximum Gasteiger partial charge on any atom is 0.323 e. The topological polar surface area (TPSA) is 45.3 Å². The molecule has 1 N–H and O–H groups in total. The maximum absolute atomic E-state index is 12.5. The maximum atomic E-state index is 12.5. The van der Waals surface area contributed by atoms with Crippen molar-refractivity contribution < 1.29 is 9.53 Å².